The van der Waals surface area contributed by atoms with E-state index in [1.165, 1.54) is 0 Å². The van der Waals surface area contributed by atoms with Crippen LogP contribution in [0.2, 0.25) is 5.02 Å². The lowest BCUT2D eigenvalue weighted by atomic mass is 9.97. The second-order valence-corrected chi connectivity index (χ2v) is 6.52. The van der Waals surface area contributed by atoms with Crippen molar-refractivity contribution in [1.82, 2.24) is 0 Å². The van der Waals surface area contributed by atoms with Gasteiger partial charge in [0.25, 0.3) is 0 Å². The van der Waals surface area contributed by atoms with E-state index in [0.717, 1.165) is 27.1 Å². The number of carbonyl (C=O) groups is 1. The molecule has 4 aromatic rings. The second-order valence-electron chi connectivity index (χ2n) is 6.11. The summed E-state index contributed by atoms with van der Waals surface area (Å²) in [5.41, 5.74) is 7.48. The van der Waals surface area contributed by atoms with Gasteiger partial charge in [0.1, 0.15) is 6.61 Å². The molecule has 0 saturated heterocycles. The number of carbonyl (C=O) groups excluding carboxylic acids is 1. The molecule has 0 fully saturated rings. The van der Waals surface area contributed by atoms with E-state index in [9.17, 15) is 4.79 Å². The van der Waals surface area contributed by atoms with Crippen LogP contribution in [0.5, 0.6) is 0 Å². The van der Waals surface area contributed by atoms with Crippen LogP contribution in [0.15, 0.2) is 72.8 Å². The number of nitrogen functional groups attached to an aromatic ring is 1. The maximum atomic E-state index is 12.5. The standard InChI is InChI=1S/C22H16ClNO2/c23-21-12-16(24)9-10-19(21)22(25)26-13-20-17-7-3-1-5-14(17)11-15-6-2-4-8-18(15)20/h1-12H,13,24H2. The molecule has 0 unspecified atom stereocenters. The summed E-state index contributed by atoms with van der Waals surface area (Å²) < 4.78 is 5.59. The number of ether oxygens (including phenoxy) is 1. The average Bonchev–Trinajstić information content (AvgIpc) is 2.65. The molecule has 0 bridgehead atoms. The van der Waals surface area contributed by atoms with Crippen molar-refractivity contribution in [3.63, 3.8) is 0 Å². The molecule has 0 aliphatic rings. The number of nitrogens with two attached hydrogens (primary N) is 1. The predicted molar refractivity (Wildman–Crippen MR) is 106 cm³/mol. The van der Waals surface area contributed by atoms with E-state index in [0.29, 0.717) is 11.3 Å². The van der Waals surface area contributed by atoms with Crippen LogP contribution in [0.3, 0.4) is 0 Å². The number of anilines is 1. The third-order valence-corrected chi connectivity index (χ3v) is 4.76. The Bertz CT molecular complexity index is 1080. The fourth-order valence-corrected chi connectivity index (χ4v) is 3.44. The third kappa shape index (κ3) is 2.98. The van der Waals surface area contributed by atoms with Crippen LogP contribution in [0.25, 0.3) is 21.5 Å². The Labute approximate surface area is 155 Å². The maximum Gasteiger partial charge on any atom is 0.339 e. The van der Waals surface area contributed by atoms with Gasteiger partial charge in [0, 0.05) is 11.3 Å². The fourth-order valence-electron chi connectivity index (χ4n) is 3.18. The summed E-state index contributed by atoms with van der Waals surface area (Å²) in [4.78, 5) is 12.5. The molecule has 128 valence electrons. The zero-order valence-electron chi connectivity index (χ0n) is 13.9. The number of fused-ring (bicyclic) bond motifs is 2. The lowest BCUT2D eigenvalue weighted by Gasteiger charge is -2.12. The van der Waals surface area contributed by atoms with E-state index in [4.69, 9.17) is 22.1 Å². The van der Waals surface area contributed by atoms with Crippen molar-refractivity contribution < 1.29 is 9.53 Å². The number of esters is 1. The summed E-state index contributed by atoms with van der Waals surface area (Å²) in [6, 6.07) is 23.1. The highest BCUT2D eigenvalue weighted by Gasteiger charge is 2.14. The Balaban J connectivity index is 1.73. The smallest absolute Gasteiger partial charge is 0.339 e. The molecule has 26 heavy (non-hydrogen) atoms. The molecule has 0 spiro atoms. The average molecular weight is 362 g/mol. The monoisotopic (exact) mass is 361 g/mol. The number of rotatable bonds is 3. The Kier molecular flexibility index (Phi) is 4.23. The Morgan fingerprint density at radius 1 is 0.885 bits per heavy atom. The zero-order valence-corrected chi connectivity index (χ0v) is 14.7. The maximum absolute atomic E-state index is 12.5. The number of hydrogen-bond donors (Lipinski definition) is 1. The SMILES string of the molecule is Nc1ccc(C(=O)OCc2c3ccccc3cc3ccccc23)c(Cl)c1. The highest BCUT2D eigenvalue weighted by atomic mass is 35.5. The van der Waals surface area contributed by atoms with Gasteiger partial charge in [-0.25, -0.2) is 4.79 Å². The molecular weight excluding hydrogens is 346 g/mol. The fraction of sp³-hybridized carbons (Fsp3) is 0.0455. The van der Waals surface area contributed by atoms with Gasteiger partial charge in [0.05, 0.1) is 10.6 Å². The highest BCUT2D eigenvalue weighted by molar-refractivity contribution is 6.33. The minimum atomic E-state index is -0.466. The molecule has 3 nitrogen and oxygen atoms in total. The van der Waals surface area contributed by atoms with Crippen LogP contribution in [0.1, 0.15) is 15.9 Å². The van der Waals surface area contributed by atoms with Crippen molar-refractivity contribution in [3.05, 3.63) is 88.9 Å². The normalized spacial score (nSPS) is 11.0. The van der Waals surface area contributed by atoms with E-state index < -0.39 is 5.97 Å². The molecular formula is C22H16ClNO2. The Morgan fingerprint density at radius 2 is 1.50 bits per heavy atom. The van der Waals surface area contributed by atoms with Crippen molar-refractivity contribution in [2.75, 3.05) is 5.73 Å². The molecule has 0 aromatic heterocycles. The van der Waals surface area contributed by atoms with Crippen molar-refractivity contribution >= 4 is 44.8 Å². The van der Waals surface area contributed by atoms with Gasteiger partial charge in [-0.15, -0.1) is 0 Å². The number of halogens is 1. The van der Waals surface area contributed by atoms with Crippen LogP contribution >= 0.6 is 11.6 Å². The number of hydrogen-bond acceptors (Lipinski definition) is 3. The van der Waals surface area contributed by atoms with Crippen LogP contribution in [-0.4, -0.2) is 5.97 Å². The minimum absolute atomic E-state index is 0.168. The first-order valence-corrected chi connectivity index (χ1v) is 8.63. The molecule has 4 rings (SSSR count). The predicted octanol–water partition coefficient (Wildman–Crippen LogP) is 5.59. The summed E-state index contributed by atoms with van der Waals surface area (Å²) in [6.07, 6.45) is 0. The van der Waals surface area contributed by atoms with Crippen molar-refractivity contribution in [3.8, 4) is 0 Å². The highest BCUT2D eigenvalue weighted by Crippen LogP contribution is 2.29. The van der Waals surface area contributed by atoms with Gasteiger partial charge in [0.2, 0.25) is 0 Å². The molecule has 0 heterocycles. The van der Waals surface area contributed by atoms with Crippen LogP contribution in [-0.2, 0) is 11.3 Å². The quantitative estimate of drug-likeness (QED) is 0.294. The Hall–Kier alpha value is -3.04. The summed E-state index contributed by atoms with van der Waals surface area (Å²) in [6.45, 7) is 0.168. The molecule has 0 amide bonds. The molecule has 4 heteroatoms. The van der Waals surface area contributed by atoms with Crippen molar-refractivity contribution in [1.29, 1.82) is 0 Å². The number of benzene rings is 4. The molecule has 0 aliphatic carbocycles. The van der Waals surface area contributed by atoms with Crippen LogP contribution in [0, 0.1) is 0 Å². The van der Waals surface area contributed by atoms with Crippen molar-refractivity contribution in [2.45, 2.75) is 6.61 Å². The van der Waals surface area contributed by atoms with E-state index in [1.807, 2.05) is 36.4 Å². The summed E-state index contributed by atoms with van der Waals surface area (Å²) >= 11 is 6.12. The zero-order chi connectivity index (χ0) is 18.1. The second kappa shape index (κ2) is 6.70. The summed E-state index contributed by atoms with van der Waals surface area (Å²) in [5, 5.41) is 4.66. The lowest BCUT2D eigenvalue weighted by Crippen LogP contribution is -2.07. The largest absolute Gasteiger partial charge is 0.457 e. The summed E-state index contributed by atoms with van der Waals surface area (Å²) in [5.74, 6) is -0.466. The van der Waals surface area contributed by atoms with E-state index >= 15 is 0 Å². The molecule has 0 radical (unpaired) electrons. The van der Waals surface area contributed by atoms with Gasteiger partial charge in [-0.3, -0.25) is 0 Å². The molecule has 4 aromatic carbocycles. The van der Waals surface area contributed by atoms with Gasteiger partial charge < -0.3 is 10.5 Å². The molecule has 0 aliphatic heterocycles. The van der Waals surface area contributed by atoms with E-state index in [1.54, 1.807) is 18.2 Å². The minimum Gasteiger partial charge on any atom is -0.457 e. The van der Waals surface area contributed by atoms with Crippen LogP contribution in [0.4, 0.5) is 5.69 Å². The Morgan fingerprint density at radius 3 is 2.12 bits per heavy atom. The molecule has 0 atom stereocenters. The van der Waals surface area contributed by atoms with Gasteiger partial charge in [-0.1, -0.05) is 60.1 Å². The van der Waals surface area contributed by atoms with Gasteiger partial charge in [0.15, 0.2) is 0 Å². The summed E-state index contributed by atoms with van der Waals surface area (Å²) in [7, 11) is 0. The first-order chi connectivity index (χ1) is 12.6. The first-order valence-electron chi connectivity index (χ1n) is 8.25. The first kappa shape index (κ1) is 16.4. The van der Waals surface area contributed by atoms with E-state index in [2.05, 4.69) is 18.2 Å². The third-order valence-electron chi connectivity index (χ3n) is 4.44. The topological polar surface area (TPSA) is 52.3 Å². The van der Waals surface area contributed by atoms with Crippen molar-refractivity contribution in [2.24, 2.45) is 0 Å². The van der Waals surface area contributed by atoms with Crippen LogP contribution < -0.4 is 5.73 Å². The van der Waals surface area contributed by atoms with Gasteiger partial charge >= 0.3 is 5.97 Å². The van der Waals surface area contributed by atoms with Gasteiger partial charge in [-0.2, -0.15) is 0 Å². The molecule has 2 N–H and O–H groups in total. The molecule has 0 saturated carbocycles. The van der Waals surface area contributed by atoms with Gasteiger partial charge in [-0.05, 0) is 45.8 Å². The lowest BCUT2D eigenvalue weighted by molar-refractivity contribution is 0.0476. The van der Waals surface area contributed by atoms with E-state index in [-0.39, 0.29) is 11.6 Å².